The molecule has 30 heavy (non-hydrogen) atoms. The monoisotopic (exact) mass is 386 g/mol. The number of fused-ring (bicyclic) bond motifs is 8. The molecule has 0 radical (unpaired) electrons. The van der Waals surface area contributed by atoms with Gasteiger partial charge in [0, 0.05) is 16.3 Å². The van der Waals surface area contributed by atoms with Crippen LogP contribution in [-0.4, -0.2) is 9.97 Å². The zero-order valence-electron chi connectivity index (χ0n) is 15.8. The first-order chi connectivity index (χ1) is 14.9. The summed E-state index contributed by atoms with van der Waals surface area (Å²) in [6.07, 6.45) is 1.81. The summed E-state index contributed by atoms with van der Waals surface area (Å²) < 4.78 is 12.3. The van der Waals surface area contributed by atoms with E-state index in [1.165, 1.54) is 0 Å². The third-order valence-corrected chi connectivity index (χ3v) is 5.75. The molecular formula is C26H14N2O2. The maximum atomic E-state index is 6.17. The topological polar surface area (TPSA) is 52.1 Å². The average Bonchev–Trinajstić information content (AvgIpc) is 3.37. The van der Waals surface area contributed by atoms with Crippen molar-refractivity contribution in [2.45, 2.75) is 0 Å². The number of rotatable bonds is 1. The van der Waals surface area contributed by atoms with Gasteiger partial charge in [-0.1, -0.05) is 60.7 Å². The van der Waals surface area contributed by atoms with Crippen molar-refractivity contribution in [1.82, 2.24) is 9.97 Å². The van der Waals surface area contributed by atoms with E-state index in [0.29, 0.717) is 5.71 Å². The second-order valence-corrected chi connectivity index (χ2v) is 7.45. The molecular weight excluding hydrogens is 372 g/mol. The summed E-state index contributed by atoms with van der Waals surface area (Å²) in [4.78, 5) is 9.58. The second kappa shape index (κ2) is 5.67. The van der Waals surface area contributed by atoms with Crippen LogP contribution in [0.2, 0.25) is 0 Å². The third kappa shape index (κ3) is 2.05. The van der Waals surface area contributed by atoms with E-state index in [0.717, 1.165) is 60.5 Å². The molecule has 0 spiro atoms. The van der Waals surface area contributed by atoms with Gasteiger partial charge in [0.1, 0.15) is 22.3 Å². The first-order valence-corrected chi connectivity index (χ1v) is 9.84. The Kier molecular flexibility index (Phi) is 2.97. The highest BCUT2D eigenvalue weighted by molar-refractivity contribution is 6.17. The highest BCUT2D eigenvalue weighted by Crippen LogP contribution is 2.37. The molecule has 0 saturated heterocycles. The van der Waals surface area contributed by atoms with Gasteiger partial charge in [-0.2, -0.15) is 0 Å². The average molecular weight is 386 g/mol. The number of aromatic nitrogens is 2. The molecule has 0 aliphatic carbocycles. The molecule has 7 rings (SSSR count). The van der Waals surface area contributed by atoms with Crippen LogP contribution >= 0.6 is 0 Å². The Bertz CT molecular complexity index is 1760. The van der Waals surface area contributed by atoms with Crippen molar-refractivity contribution in [3.8, 4) is 11.3 Å². The Morgan fingerprint density at radius 3 is 2.43 bits per heavy atom. The summed E-state index contributed by atoms with van der Waals surface area (Å²) in [5, 5.41) is 5.45. The molecule has 140 valence electrons. The van der Waals surface area contributed by atoms with Crippen LogP contribution in [0.3, 0.4) is 0 Å². The first kappa shape index (κ1) is 15.7. The Morgan fingerprint density at radius 2 is 1.47 bits per heavy atom. The van der Waals surface area contributed by atoms with Crippen LogP contribution in [-0.2, 0) is 0 Å². The van der Waals surface area contributed by atoms with Gasteiger partial charge in [-0.3, -0.25) is 0 Å². The van der Waals surface area contributed by atoms with E-state index in [1.807, 2.05) is 48.5 Å². The summed E-state index contributed by atoms with van der Waals surface area (Å²) >= 11 is 0. The van der Waals surface area contributed by atoms with Gasteiger partial charge in [-0.15, -0.1) is 0 Å². The smallest absolute Gasteiger partial charge is 0.246 e. The summed E-state index contributed by atoms with van der Waals surface area (Å²) in [7, 11) is 0. The Hall–Kier alpha value is -4.18. The van der Waals surface area contributed by atoms with Crippen LogP contribution in [0.1, 0.15) is 0 Å². The van der Waals surface area contributed by atoms with Crippen molar-refractivity contribution < 1.29 is 8.83 Å². The molecule has 0 fully saturated rings. The van der Waals surface area contributed by atoms with E-state index in [-0.39, 0.29) is 0 Å². The van der Waals surface area contributed by atoms with Crippen molar-refractivity contribution >= 4 is 54.9 Å². The van der Waals surface area contributed by atoms with Gasteiger partial charge in [0.25, 0.3) is 0 Å². The molecule has 3 aromatic heterocycles. The maximum Gasteiger partial charge on any atom is 0.246 e. The number of nitrogens with zero attached hydrogens (tertiary/aromatic N) is 2. The van der Waals surface area contributed by atoms with Gasteiger partial charge >= 0.3 is 0 Å². The number of benzene rings is 4. The van der Waals surface area contributed by atoms with Gasteiger partial charge in [-0.05, 0) is 29.0 Å². The molecule has 0 aliphatic rings. The molecule has 3 heterocycles. The fourth-order valence-corrected chi connectivity index (χ4v) is 4.38. The van der Waals surface area contributed by atoms with Gasteiger partial charge in [0.05, 0.1) is 17.3 Å². The van der Waals surface area contributed by atoms with Crippen LogP contribution in [0.4, 0.5) is 0 Å². The normalized spacial score (nSPS) is 12.0. The lowest BCUT2D eigenvalue weighted by atomic mass is 10.1. The molecule has 4 aromatic carbocycles. The van der Waals surface area contributed by atoms with Crippen molar-refractivity contribution in [1.29, 1.82) is 0 Å². The maximum absolute atomic E-state index is 6.17. The Morgan fingerprint density at radius 1 is 0.633 bits per heavy atom. The van der Waals surface area contributed by atoms with Gasteiger partial charge in [0.15, 0.2) is 0 Å². The van der Waals surface area contributed by atoms with Crippen molar-refractivity contribution in [3.63, 3.8) is 0 Å². The highest BCUT2D eigenvalue weighted by atomic mass is 16.3. The molecule has 0 bridgehead atoms. The van der Waals surface area contributed by atoms with Gasteiger partial charge in [0.2, 0.25) is 5.71 Å². The van der Waals surface area contributed by atoms with E-state index < -0.39 is 0 Å². The Balaban J connectivity index is 1.52. The summed E-state index contributed by atoms with van der Waals surface area (Å²) in [6.45, 7) is 0. The largest absolute Gasteiger partial charge is 0.455 e. The van der Waals surface area contributed by atoms with Crippen LogP contribution in [0, 0.1) is 0 Å². The molecule has 0 saturated carbocycles. The standard InChI is InChI=1S/C26H14N2O2/c1-2-7-16-15(6-1)12-13-22-23(16)24-26(30-22)28-20(14-27-24)19-10-5-9-18-17-8-3-4-11-21(17)29-25(18)19/h1-14H. The highest BCUT2D eigenvalue weighted by Gasteiger charge is 2.17. The van der Waals surface area contributed by atoms with E-state index in [1.54, 1.807) is 6.20 Å². The minimum atomic E-state index is 0.534. The first-order valence-electron chi connectivity index (χ1n) is 9.84. The Labute approximate surface area is 170 Å². The van der Waals surface area contributed by atoms with E-state index >= 15 is 0 Å². The molecule has 4 heteroatoms. The van der Waals surface area contributed by atoms with Crippen LogP contribution < -0.4 is 0 Å². The second-order valence-electron chi connectivity index (χ2n) is 7.45. The van der Waals surface area contributed by atoms with Crippen molar-refractivity contribution in [2.24, 2.45) is 0 Å². The molecule has 0 amide bonds. The quantitative estimate of drug-likeness (QED) is 0.302. The van der Waals surface area contributed by atoms with Crippen LogP contribution in [0.15, 0.2) is 93.9 Å². The predicted octanol–water partition coefficient (Wildman–Crippen LogP) is 7.10. The number of para-hydroxylation sites is 2. The molecule has 0 unspecified atom stereocenters. The molecule has 7 aromatic rings. The van der Waals surface area contributed by atoms with Crippen LogP contribution in [0.5, 0.6) is 0 Å². The van der Waals surface area contributed by atoms with E-state index in [2.05, 4.69) is 30.3 Å². The van der Waals surface area contributed by atoms with Gasteiger partial charge < -0.3 is 8.83 Å². The fourth-order valence-electron chi connectivity index (χ4n) is 4.38. The van der Waals surface area contributed by atoms with E-state index in [9.17, 15) is 0 Å². The van der Waals surface area contributed by atoms with Crippen molar-refractivity contribution in [2.75, 3.05) is 0 Å². The molecule has 4 nitrogen and oxygen atoms in total. The molecule has 0 atom stereocenters. The third-order valence-electron chi connectivity index (χ3n) is 5.75. The van der Waals surface area contributed by atoms with Crippen molar-refractivity contribution in [3.05, 3.63) is 85.1 Å². The number of hydrogen-bond acceptors (Lipinski definition) is 4. The SMILES string of the molecule is c1ccc2c(c1)ccc1oc3nc(-c4cccc5c4oc4ccccc45)cnc3c12. The summed E-state index contributed by atoms with van der Waals surface area (Å²) in [6, 6.07) is 26.5. The zero-order valence-corrected chi connectivity index (χ0v) is 15.8. The molecule has 0 aliphatic heterocycles. The molecule has 0 N–H and O–H groups in total. The number of hydrogen-bond donors (Lipinski definition) is 0. The van der Waals surface area contributed by atoms with Gasteiger partial charge in [-0.25, -0.2) is 9.97 Å². The van der Waals surface area contributed by atoms with E-state index in [4.69, 9.17) is 18.8 Å². The zero-order chi connectivity index (χ0) is 19.7. The number of furan rings is 2. The lowest BCUT2D eigenvalue weighted by Gasteiger charge is -2.01. The summed E-state index contributed by atoms with van der Waals surface area (Å²) in [5.41, 5.74) is 5.43. The minimum absolute atomic E-state index is 0.534. The predicted molar refractivity (Wildman–Crippen MR) is 120 cm³/mol. The minimum Gasteiger partial charge on any atom is -0.455 e. The lowest BCUT2D eigenvalue weighted by Crippen LogP contribution is -1.87. The fraction of sp³-hybridized carbons (Fsp3) is 0. The lowest BCUT2D eigenvalue weighted by molar-refractivity contribution is 0.653. The van der Waals surface area contributed by atoms with Crippen LogP contribution in [0.25, 0.3) is 66.2 Å². The summed E-state index contributed by atoms with van der Waals surface area (Å²) in [5.74, 6) is 0.